The summed E-state index contributed by atoms with van der Waals surface area (Å²) in [6, 6.07) is 7.51. The number of rotatable bonds is 5. The van der Waals surface area contributed by atoms with Crippen LogP contribution in [0.15, 0.2) is 49.1 Å². The van der Waals surface area contributed by atoms with Crippen LogP contribution in [0.3, 0.4) is 0 Å². The highest BCUT2D eigenvalue weighted by molar-refractivity contribution is 6.31. The van der Waals surface area contributed by atoms with Gasteiger partial charge in [-0.05, 0) is 37.3 Å². The van der Waals surface area contributed by atoms with Crippen LogP contribution in [0.5, 0.6) is 11.5 Å². The van der Waals surface area contributed by atoms with Crippen LogP contribution in [0.4, 0.5) is 4.39 Å². The zero-order valence-corrected chi connectivity index (χ0v) is 14.0. The molecular weight excluding hydrogens is 345 g/mol. The van der Waals surface area contributed by atoms with Crippen LogP contribution in [-0.4, -0.2) is 20.7 Å². The van der Waals surface area contributed by atoms with Crippen molar-refractivity contribution in [2.75, 3.05) is 0 Å². The van der Waals surface area contributed by atoms with Gasteiger partial charge >= 0.3 is 0 Å². The quantitative estimate of drug-likeness (QED) is 0.640. The Kier molecular flexibility index (Phi) is 5.00. The summed E-state index contributed by atoms with van der Waals surface area (Å²) in [4.78, 5) is 24.3. The van der Waals surface area contributed by atoms with Crippen molar-refractivity contribution in [1.29, 1.82) is 0 Å². The van der Waals surface area contributed by atoms with E-state index in [0.29, 0.717) is 27.8 Å². The molecule has 0 saturated carbocycles. The number of halogens is 2. The van der Waals surface area contributed by atoms with E-state index in [2.05, 4.69) is 15.0 Å². The van der Waals surface area contributed by atoms with Crippen LogP contribution in [-0.2, 0) is 6.42 Å². The molecule has 0 N–H and O–H groups in total. The summed E-state index contributed by atoms with van der Waals surface area (Å²) in [6.07, 6.45) is 4.42. The van der Waals surface area contributed by atoms with Gasteiger partial charge < -0.3 is 4.74 Å². The lowest BCUT2D eigenvalue weighted by Crippen LogP contribution is -2.06. The number of nitrogens with zero attached hydrogens (tertiary/aromatic N) is 3. The number of aryl methyl sites for hydroxylation is 1. The molecule has 0 radical (unpaired) electrons. The molecule has 3 aromatic rings. The molecule has 2 heterocycles. The van der Waals surface area contributed by atoms with Gasteiger partial charge in [0, 0.05) is 16.3 Å². The van der Waals surface area contributed by atoms with E-state index in [1.165, 1.54) is 30.9 Å². The van der Waals surface area contributed by atoms with Gasteiger partial charge in [0.1, 0.15) is 17.9 Å². The lowest BCUT2D eigenvalue weighted by molar-refractivity contribution is 0.0991. The molecule has 126 valence electrons. The number of pyridine rings is 1. The average molecular weight is 358 g/mol. The number of Topliss-reactive ketones (excluding diaryl/α,β-unsaturated/α-hetero) is 1. The molecule has 0 fully saturated rings. The lowest BCUT2D eigenvalue weighted by atomic mass is 10.1. The summed E-state index contributed by atoms with van der Waals surface area (Å²) in [5.74, 6) is 0.225. The highest BCUT2D eigenvalue weighted by Gasteiger charge is 2.12. The van der Waals surface area contributed by atoms with Gasteiger partial charge in [-0.3, -0.25) is 9.78 Å². The van der Waals surface area contributed by atoms with Crippen LogP contribution in [0.2, 0.25) is 5.02 Å². The Morgan fingerprint density at radius 3 is 2.64 bits per heavy atom. The second kappa shape index (κ2) is 7.36. The number of carbonyl (C=O) groups is 1. The van der Waals surface area contributed by atoms with E-state index in [-0.39, 0.29) is 17.9 Å². The van der Waals surface area contributed by atoms with Gasteiger partial charge in [0.15, 0.2) is 11.5 Å². The zero-order valence-electron chi connectivity index (χ0n) is 13.2. The molecule has 0 saturated heterocycles. The molecule has 0 atom stereocenters. The molecular formula is C18H13ClFN3O2. The number of carbonyl (C=O) groups excluding carboxylic acids is 1. The van der Waals surface area contributed by atoms with E-state index in [9.17, 15) is 9.18 Å². The predicted molar refractivity (Wildman–Crippen MR) is 90.5 cm³/mol. The SMILES string of the molecule is Cc1nc(CC(=O)c2cc(Cl)cc(Oc3cncnc3)c2)ccc1F. The maximum atomic E-state index is 13.3. The van der Waals surface area contributed by atoms with Gasteiger partial charge in [-0.2, -0.15) is 0 Å². The smallest absolute Gasteiger partial charge is 0.169 e. The summed E-state index contributed by atoms with van der Waals surface area (Å²) in [6.45, 7) is 1.55. The van der Waals surface area contributed by atoms with E-state index in [4.69, 9.17) is 16.3 Å². The highest BCUT2D eigenvalue weighted by atomic mass is 35.5. The third kappa shape index (κ3) is 4.36. The van der Waals surface area contributed by atoms with E-state index in [1.54, 1.807) is 25.1 Å². The van der Waals surface area contributed by atoms with Crippen molar-refractivity contribution in [3.8, 4) is 11.5 Å². The van der Waals surface area contributed by atoms with Crippen LogP contribution in [0.1, 0.15) is 21.7 Å². The molecule has 1 aromatic carbocycles. The standard InChI is InChI=1S/C18H13ClFN3O2/c1-11-17(20)3-2-14(23-11)7-18(24)12-4-13(19)6-15(5-12)25-16-8-21-10-22-9-16/h2-6,8-10H,7H2,1H3. The number of hydrogen-bond donors (Lipinski definition) is 0. The molecule has 3 rings (SSSR count). The van der Waals surface area contributed by atoms with Crippen LogP contribution < -0.4 is 4.74 Å². The maximum absolute atomic E-state index is 13.3. The third-order valence-corrected chi connectivity index (χ3v) is 3.60. The first kappa shape index (κ1) is 17.0. The Balaban J connectivity index is 1.81. The van der Waals surface area contributed by atoms with E-state index >= 15 is 0 Å². The molecule has 25 heavy (non-hydrogen) atoms. The first-order chi connectivity index (χ1) is 12.0. The average Bonchev–Trinajstić information content (AvgIpc) is 2.58. The maximum Gasteiger partial charge on any atom is 0.169 e. The molecule has 7 heteroatoms. The van der Waals surface area contributed by atoms with Crippen LogP contribution >= 0.6 is 11.6 Å². The number of hydrogen-bond acceptors (Lipinski definition) is 5. The molecule has 5 nitrogen and oxygen atoms in total. The molecule has 0 unspecified atom stereocenters. The molecule has 0 bridgehead atoms. The number of benzene rings is 1. The van der Waals surface area contributed by atoms with E-state index in [1.807, 2.05) is 0 Å². The topological polar surface area (TPSA) is 65.0 Å². The second-order valence-electron chi connectivity index (χ2n) is 5.32. The minimum Gasteiger partial charge on any atom is -0.454 e. The van der Waals surface area contributed by atoms with E-state index < -0.39 is 5.82 Å². The number of aromatic nitrogens is 3. The van der Waals surface area contributed by atoms with Gasteiger partial charge in [0.05, 0.1) is 24.5 Å². The lowest BCUT2D eigenvalue weighted by Gasteiger charge is -2.08. The summed E-state index contributed by atoms with van der Waals surface area (Å²) in [5, 5.41) is 0.362. The fourth-order valence-electron chi connectivity index (χ4n) is 2.22. The number of ketones is 1. The van der Waals surface area contributed by atoms with Gasteiger partial charge in [-0.15, -0.1) is 0 Å². The predicted octanol–water partition coefficient (Wildman–Crippen LogP) is 4.19. The monoisotopic (exact) mass is 357 g/mol. The normalized spacial score (nSPS) is 10.5. The van der Waals surface area contributed by atoms with Crippen molar-refractivity contribution in [1.82, 2.24) is 15.0 Å². The summed E-state index contributed by atoms with van der Waals surface area (Å²) in [5.41, 5.74) is 1.12. The highest BCUT2D eigenvalue weighted by Crippen LogP contribution is 2.26. The first-order valence-corrected chi connectivity index (χ1v) is 7.78. The van der Waals surface area contributed by atoms with Crippen molar-refractivity contribution >= 4 is 17.4 Å². The molecule has 0 aliphatic carbocycles. The Morgan fingerprint density at radius 2 is 1.92 bits per heavy atom. The largest absolute Gasteiger partial charge is 0.454 e. The molecule has 0 aliphatic heterocycles. The molecule has 0 amide bonds. The second-order valence-corrected chi connectivity index (χ2v) is 5.76. The fraction of sp³-hybridized carbons (Fsp3) is 0.111. The minimum atomic E-state index is -0.403. The van der Waals surface area contributed by atoms with Gasteiger partial charge in [-0.25, -0.2) is 14.4 Å². The van der Waals surface area contributed by atoms with Crippen LogP contribution in [0, 0.1) is 12.7 Å². The van der Waals surface area contributed by atoms with Gasteiger partial charge in [-0.1, -0.05) is 11.6 Å². The van der Waals surface area contributed by atoms with Gasteiger partial charge in [0.25, 0.3) is 0 Å². The summed E-state index contributed by atoms with van der Waals surface area (Å²) in [7, 11) is 0. The van der Waals surface area contributed by atoms with E-state index in [0.717, 1.165) is 0 Å². The van der Waals surface area contributed by atoms with Crippen LogP contribution in [0.25, 0.3) is 0 Å². The molecule has 2 aromatic heterocycles. The number of ether oxygens (including phenoxy) is 1. The Bertz CT molecular complexity index is 919. The van der Waals surface area contributed by atoms with Crippen molar-refractivity contribution in [3.63, 3.8) is 0 Å². The third-order valence-electron chi connectivity index (χ3n) is 3.39. The molecule has 0 aliphatic rings. The fourth-order valence-corrected chi connectivity index (χ4v) is 2.44. The summed E-state index contributed by atoms with van der Waals surface area (Å²) < 4.78 is 18.9. The first-order valence-electron chi connectivity index (χ1n) is 7.40. The van der Waals surface area contributed by atoms with Crippen molar-refractivity contribution < 1.29 is 13.9 Å². The Morgan fingerprint density at radius 1 is 1.16 bits per heavy atom. The Hall–Kier alpha value is -2.86. The van der Waals surface area contributed by atoms with Crippen molar-refractivity contribution in [3.05, 3.63) is 76.8 Å². The minimum absolute atomic E-state index is 0.0371. The summed E-state index contributed by atoms with van der Waals surface area (Å²) >= 11 is 6.08. The van der Waals surface area contributed by atoms with Crippen molar-refractivity contribution in [2.45, 2.75) is 13.3 Å². The molecule has 0 spiro atoms. The van der Waals surface area contributed by atoms with Gasteiger partial charge in [0.2, 0.25) is 0 Å². The van der Waals surface area contributed by atoms with Crippen molar-refractivity contribution in [2.24, 2.45) is 0 Å². The zero-order chi connectivity index (χ0) is 17.8. The Labute approximate surface area is 148 Å².